The van der Waals surface area contributed by atoms with E-state index in [1.807, 2.05) is 4.57 Å². The monoisotopic (exact) mass is 266 g/mol. The first kappa shape index (κ1) is 14.7. The zero-order valence-corrected chi connectivity index (χ0v) is 11.5. The molecule has 1 amide bonds. The van der Waals surface area contributed by atoms with Crippen molar-refractivity contribution in [2.24, 2.45) is 0 Å². The third-order valence-electron chi connectivity index (χ3n) is 2.59. The van der Waals surface area contributed by atoms with E-state index in [2.05, 4.69) is 18.2 Å². The summed E-state index contributed by atoms with van der Waals surface area (Å²) in [7, 11) is 0. The first-order chi connectivity index (χ1) is 8.69. The van der Waals surface area contributed by atoms with Crippen molar-refractivity contribution in [3.63, 3.8) is 0 Å². The van der Waals surface area contributed by atoms with Gasteiger partial charge in [0, 0.05) is 25.7 Å². The van der Waals surface area contributed by atoms with Crippen molar-refractivity contribution in [3.05, 3.63) is 23.0 Å². The number of amides is 1. The first-order valence-electron chi connectivity index (χ1n) is 6.26. The Morgan fingerprint density at radius 1 is 1.56 bits per heavy atom. The predicted octanol–water partition coefficient (Wildman–Crippen LogP) is 3.08. The summed E-state index contributed by atoms with van der Waals surface area (Å²) in [5, 5.41) is 3.48. The lowest BCUT2D eigenvalue weighted by molar-refractivity contribution is 0.0943. The van der Waals surface area contributed by atoms with Gasteiger partial charge in [-0.05, 0) is 25.3 Å². The summed E-state index contributed by atoms with van der Waals surface area (Å²) in [5.74, 6) is 2.51. The van der Waals surface area contributed by atoms with Crippen LogP contribution in [0.25, 0.3) is 0 Å². The average molecular weight is 267 g/mol. The molecule has 1 rings (SSSR count). The maximum atomic E-state index is 12.0. The van der Waals surface area contributed by atoms with Gasteiger partial charge in [0.25, 0.3) is 5.91 Å². The van der Waals surface area contributed by atoms with E-state index in [0.29, 0.717) is 17.3 Å². The second-order valence-corrected chi connectivity index (χ2v) is 4.59. The van der Waals surface area contributed by atoms with Crippen LogP contribution < -0.4 is 5.32 Å². The molecule has 0 aromatic carbocycles. The number of hydrogen-bond acceptors (Lipinski definition) is 1. The van der Waals surface area contributed by atoms with Gasteiger partial charge in [0.1, 0.15) is 5.69 Å². The number of nitrogens with one attached hydrogen (secondary N) is 1. The van der Waals surface area contributed by atoms with E-state index in [9.17, 15) is 4.79 Å². The molecule has 98 valence electrons. The fourth-order valence-electron chi connectivity index (χ4n) is 1.74. The van der Waals surface area contributed by atoms with E-state index in [0.717, 1.165) is 32.2 Å². The standard InChI is InChI=1S/C14H19ClN2O/c1-3-5-6-7-8-16-14(18)13-10-12(15)11-17(13)9-4-2/h1,10-11H,4-9H2,2H3,(H,16,18). The molecule has 0 spiro atoms. The third-order valence-corrected chi connectivity index (χ3v) is 2.80. The lowest BCUT2D eigenvalue weighted by Crippen LogP contribution is -2.26. The molecule has 0 aliphatic rings. The van der Waals surface area contributed by atoms with E-state index >= 15 is 0 Å². The highest BCUT2D eigenvalue weighted by atomic mass is 35.5. The van der Waals surface area contributed by atoms with Gasteiger partial charge in [-0.1, -0.05) is 18.5 Å². The molecule has 0 saturated heterocycles. The van der Waals surface area contributed by atoms with Crippen molar-refractivity contribution in [2.75, 3.05) is 6.54 Å². The number of terminal acetylenes is 1. The molecular formula is C14H19ClN2O. The number of halogens is 1. The number of rotatable bonds is 7. The summed E-state index contributed by atoms with van der Waals surface area (Å²) in [6.45, 7) is 3.51. The van der Waals surface area contributed by atoms with Crippen molar-refractivity contribution < 1.29 is 4.79 Å². The molecule has 0 aliphatic heterocycles. The molecule has 1 N–H and O–H groups in total. The smallest absolute Gasteiger partial charge is 0.267 e. The number of carbonyl (C=O) groups is 1. The topological polar surface area (TPSA) is 34.0 Å². The van der Waals surface area contributed by atoms with Gasteiger partial charge in [-0.2, -0.15) is 0 Å². The Labute approximate surface area is 114 Å². The van der Waals surface area contributed by atoms with E-state index in [4.69, 9.17) is 18.0 Å². The number of hydrogen-bond donors (Lipinski definition) is 1. The summed E-state index contributed by atoms with van der Waals surface area (Å²) in [6, 6.07) is 1.70. The van der Waals surface area contributed by atoms with Crippen molar-refractivity contribution in [1.29, 1.82) is 0 Å². The predicted molar refractivity (Wildman–Crippen MR) is 74.8 cm³/mol. The minimum Gasteiger partial charge on any atom is -0.351 e. The van der Waals surface area contributed by atoms with Crippen LogP contribution in [0.2, 0.25) is 5.02 Å². The molecule has 18 heavy (non-hydrogen) atoms. The number of nitrogens with zero attached hydrogens (tertiary/aromatic N) is 1. The van der Waals surface area contributed by atoms with Crippen LogP contribution >= 0.6 is 11.6 Å². The Kier molecular flexibility index (Phi) is 6.38. The molecule has 0 radical (unpaired) electrons. The fraction of sp³-hybridized carbons (Fsp3) is 0.500. The summed E-state index contributed by atoms with van der Waals surface area (Å²) < 4.78 is 1.89. The number of aryl methyl sites for hydroxylation is 1. The number of carbonyl (C=O) groups excluding carboxylic acids is 1. The van der Waals surface area contributed by atoms with Gasteiger partial charge < -0.3 is 9.88 Å². The van der Waals surface area contributed by atoms with Crippen LogP contribution in [-0.4, -0.2) is 17.0 Å². The van der Waals surface area contributed by atoms with E-state index < -0.39 is 0 Å². The number of unbranched alkanes of at least 4 members (excludes halogenated alkanes) is 2. The Morgan fingerprint density at radius 3 is 3.00 bits per heavy atom. The molecule has 0 bridgehead atoms. The highest BCUT2D eigenvalue weighted by molar-refractivity contribution is 6.31. The summed E-state index contributed by atoms with van der Waals surface area (Å²) >= 11 is 5.92. The largest absolute Gasteiger partial charge is 0.351 e. The lowest BCUT2D eigenvalue weighted by Gasteiger charge is -2.08. The van der Waals surface area contributed by atoms with Crippen LogP contribution in [0, 0.1) is 12.3 Å². The lowest BCUT2D eigenvalue weighted by atomic mass is 10.2. The SMILES string of the molecule is C#CCCCCNC(=O)c1cc(Cl)cn1CCC. The number of aromatic nitrogens is 1. The van der Waals surface area contributed by atoms with Gasteiger partial charge in [-0.3, -0.25) is 4.79 Å². The van der Waals surface area contributed by atoms with Gasteiger partial charge in [-0.25, -0.2) is 0 Å². The van der Waals surface area contributed by atoms with Gasteiger partial charge in [0.15, 0.2) is 0 Å². The van der Waals surface area contributed by atoms with Crippen molar-refractivity contribution in [3.8, 4) is 12.3 Å². The molecule has 0 fully saturated rings. The molecule has 4 heteroatoms. The maximum absolute atomic E-state index is 12.0. The van der Waals surface area contributed by atoms with Crippen LogP contribution in [0.1, 0.15) is 43.1 Å². The molecule has 0 aliphatic carbocycles. The van der Waals surface area contributed by atoms with Crippen LogP contribution in [0.4, 0.5) is 0 Å². The zero-order valence-electron chi connectivity index (χ0n) is 10.7. The van der Waals surface area contributed by atoms with Gasteiger partial charge >= 0.3 is 0 Å². The minimum absolute atomic E-state index is 0.0731. The third kappa shape index (κ3) is 4.46. The van der Waals surface area contributed by atoms with E-state index in [1.165, 1.54) is 0 Å². The highest BCUT2D eigenvalue weighted by Crippen LogP contribution is 2.14. The van der Waals surface area contributed by atoms with Gasteiger partial charge in [0.2, 0.25) is 0 Å². The van der Waals surface area contributed by atoms with Crippen molar-refractivity contribution in [1.82, 2.24) is 9.88 Å². The van der Waals surface area contributed by atoms with Gasteiger partial charge in [0.05, 0.1) is 5.02 Å². The molecule has 3 nitrogen and oxygen atoms in total. The second-order valence-electron chi connectivity index (χ2n) is 4.15. The summed E-state index contributed by atoms with van der Waals surface area (Å²) in [6.07, 6.45) is 10.5. The molecular weight excluding hydrogens is 248 g/mol. The van der Waals surface area contributed by atoms with E-state index in [1.54, 1.807) is 12.3 Å². The molecule has 1 heterocycles. The Morgan fingerprint density at radius 2 is 2.33 bits per heavy atom. The quantitative estimate of drug-likeness (QED) is 0.597. The maximum Gasteiger partial charge on any atom is 0.267 e. The fourth-order valence-corrected chi connectivity index (χ4v) is 1.96. The molecule has 0 atom stereocenters. The molecule has 1 aromatic heterocycles. The average Bonchev–Trinajstić information content (AvgIpc) is 2.70. The van der Waals surface area contributed by atoms with Crippen LogP contribution in [0.3, 0.4) is 0 Å². The Balaban J connectivity index is 2.48. The second kappa shape index (κ2) is 7.84. The highest BCUT2D eigenvalue weighted by Gasteiger charge is 2.11. The van der Waals surface area contributed by atoms with Crippen LogP contribution in [0.5, 0.6) is 0 Å². The normalized spacial score (nSPS) is 10.1. The minimum atomic E-state index is -0.0731. The van der Waals surface area contributed by atoms with E-state index in [-0.39, 0.29) is 5.91 Å². The molecule has 0 unspecified atom stereocenters. The first-order valence-corrected chi connectivity index (χ1v) is 6.64. The van der Waals surface area contributed by atoms with Crippen molar-refractivity contribution in [2.45, 2.75) is 39.2 Å². The van der Waals surface area contributed by atoms with Crippen LogP contribution in [-0.2, 0) is 6.54 Å². The summed E-state index contributed by atoms with van der Waals surface area (Å²) in [4.78, 5) is 12.0. The molecule has 1 aromatic rings. The van der Waals surface area contributed by atoms with Crippen LogP contribution in [0.15, 0.2) is 12.3 Å². The Hall–Kier alpha value is -1.40. The zero-order chi connectivity index (χ0) is 13.4. The van der Waals surface area contributed by atoms with Gasteiger partial charge in [-0.15, -0.1) is 12.3 Å². The summed E-state index contributed by atoms with van der Waals surface area (Å²) in [5.41, 5.74) is 0.624. The molecule has 0 saturated carbocycles. The van der Waals surface area contributed by atoms with Crippen molar-refractivity contribution >= 4 is 17.5 Å². The Bertz CT molecular complexity index is 431.